The summed E-state index contributed by atoms with van der Waals surface area (Å²) in [5.74, 6) is -0.0201. The number of halogens is 1. The number of Topliss-reactive ketones (excluding diaryl/α,β-unsaturated/α-hetero) is 1. The predicted molar refractivity (Wildman–Crippen MR) is 116 cm³/mol. The monoisotopic (exact) mass is 388 g/mol. The molecule has 0 saturated carbocycles. The molecule has 1 aliphatic heterocycles. The van der Waals surface area contributed by atoms with E-state index in [2.05, 4.69) is 21.9 Å². The van der Waals surface area contributed by atoms with Crippen molar-refractivity contribution in [3.05, 3.63) is 90.2 Å². The van der Waals surface area contributed by atoms with E-state index < -0.39 is 0 Å². The van der Waals surface area contributed by atoms with Gasteiger partial charge < -0.3 is 4.90 Å². The predicted octanol–water partition coefficient (Wildman–Crippen LogP) is 4.89. The van der Waals surface area contributed by atoms with E-state index in [0.717, 1.165) is 55.1 Å². The van der Waals surface area contributed by atoms with Crippen molar-refractivity contribution < 1.29 is 9.18 Å². The molecule has 0 N–H and O–H groups in total. The van der Waals surface area contributed by atoms with Gasteiger partial charge in [-0.3, -0.25) is 9.69 Å². The molecule has 0 atom stereocenters. The molecule has 1 aliphatic rings. The number of benzene rings is 3. The minimum atomic E-state index is -0.206. The van der Waals surface area contributed by atoms with E-state index >= 15 is 0 Å². The Hall–Kier alpha value is -2.98. The summed E-state index contributed by atoms with van der Waals surface area (Å²) in [6.07, 6.45) is 0.529. The number of hydrogen-bond donors (Lipinski definition) is 0. The zero-order valence-corrected chi connectivity index (χ0v) is 16.4. The fourth-order valence-electron chi connectivity index (χ4n) is 3.76. The summed E-state index contributed by atoms with van der Waals surface area (Å²) in [6.45, 7) is 4.39. The average Bonchev–Trinajstić information content (AvgIpc) is 2.79. The highest BCUT2D eigenvalue weighted by Crippen LogP contribution is 2.20. The molecule has 0 unspecified atom stereocenters. The quantitative estimate of drug-likeness (QED) is 0.562. The molecule has 3 nitrogen and oxygen atoms in total. The molecule has 3 aromatic carbocycles. The molecule has 0 amide bonds. The molecule has 0 radical (unpaired) electrons. The van der Waals surface area contributed by atoms with Gasteiger partial charge in [0.25, 0.3) is 0 Å². The number of carbonyl (C=O) groups excluding carboxylic acids is 1. The van der Waals surface area contributed by atoms with Crippen LogP contribution in [0.2, 0.25) is 0 Å². The summed E-state index contributed by atoms with van der Waals surface area (Å²) >= 11 is 0. The van der Waals surface area contributed by atoms with Gasteiger partial charge in [0.05, 0.1) is 0 Å². The topological polar surface area (TPSA) is 23.6 Å². The standard InChI is InChI=1S/C25H25FN2O/c26-23-10-12-24(13-11-23)28-18-16-27(17-19-28)15-14-25(29)22-8-6-21(7-9-22)20-4-2-1-3-5-20/h1-13H,14-19H2. The first-order chi connectivity index (χ1) is 14.2. The van der Waals surface area contributed by atoms with E-state index in [4.69, 9.17) is 0 Å². The van der Waals surface area contributed by atoms with Crippen molar-refractivity contribution in [1.82, 2.24) is 4.90 Å². The van der Waals surface area contributed by atoms with Crippen LogP contribution < -0.4 is 4.90 Å². The van der Waals surface area contributed by atoms with Crippen molar-refractivity contribution in [3.63, 3.8) is 0 Å². The van der Waals surface area contributed by atoms with Gasteiger partial charge in [-0.2, -0.15) is 0 Å². The van der Waals surface area contributed by atoms with Gasteiger partial charge in [-0.05, 0) is 35.4 Å². The number of ketones is 1. The van der Waals surface area contributed by atoms with Crippen LogP contribution in [-0.4, -0.2) is 43.4 Å². The van der Waals surface area contributed by atoms with E-state index in [1.807, 2.05) is 54.6 Å². The third-order valence-electron chi connectivity index (χ3n) is 5.53. The zero-order valence-electron chi connectivity index (χ0n) is 16.4. The highest BCUT2D eigenvalue weighted by atomic mass is 19.1. The summed E-state index contributed by atoms with van der Waals surface area (Å²) < 4.78 is 13.1. The van der Waals surface area contributed by atoms with Gasteiger partial charge in [0.1, 0.15) is 5.82 Å². The second kappa shape index (κ2) is 9.01. The van der Waals surface area contributed by atoms with Gasteiger partial charge in [-0.15, -0.1) is 0 Å². The Morgan fingerprint density at radius 1 is 0.759 bits per heavy atom. The number of hydrogen-bond acceptors (Lipinski definition) is 3. The van der Waals surface area contributed by atoms with Crippen LogP contribution in [0.25, 0.3) is 11.1 Å². The highest BCUT2D eigenvalue weighted by Gasteiger charge is 2.18. The number of nitrogens with zero attached hydrogens (tertiary/aromatic N) is 2. The van der Waals surface area contributed by atoms with E-state index in [-0.39, 0.29) is 11.6 Å². The maximum atomic E-state index is 13.1. The van der Waals surface area contributed by atoms with Crippen LogP contribution in [-0.2, 0) is 0 Å². The largest absolute Gasteiger partial charge is 0.369 e. The van der Waals surface area contributed by atoms with E-state index in [1.54, 1.807) is 0 Å². The molecule has 4 heteroatoms. The Bertz CT molecular complexity index is 931. The number of piperazine rings is 1. The van der Waals surface area contributed by atoms with E-state index in [1.165, 1.54) is 12.1 Å². The lowest BCUT2D eigenvalue weighted by Gasteiger charge is -2.36. The molecule has 4 rings (SSSR count). The molecule has 1 saturated heterocycles. The van der Waals surface area contributed by atoms with Crippen molar-refractivity contribution in [1.29, 1.82) is 0 Å². The molecule has 0 aliphatic carbocycles. The lowest BCUT2D eigenvalue weighted by atomic mass is 10.0. The minimum Gasteiger partial charge on any atom is -0.369 e. The molecule has 29 heavy (non-hydrogen) atoms. The minimum absolute atomic E-state index is 0.186. The maximum absolute atomic E-state index is 13.1. The number of rotatable bonds is 6. The SMILES string of the molecule is O=C(CCN1CCN(c2ccc(F)cc2)CC1)c1ccc(-c2ccccc2)cc1. The third-order valence-corrected chi connectivity index (χ3v) is 5.53. The van der Waals surface area contributed by atoms with Gasteiger partial charge >= 0.3 is 0 Å². The van der Waals surface area contributed by atoms with Gasteiger partial charge in [0.15, 0.2) is 5.78 Å². The normalized spacial score (nSPS) is 14.7. The Kier molecular flexibility index (Phi) is 6.01. The van der Waals surface area contributed by atoms with Crippen LogP contribution in [0.5, 0.6) is 0 Å². The van der Waals surface area contributed by atoms with Crippen molar-refractivity contribution in [2.75, 3.05) is 37.6 Å². The smallest absolute Gasteiger partial charge is 0.164 e. The fourth-order valence-corrected chi connectivity index (χ4v) is 3.76. The molecule has 0 bridgehead atoms. The van der Waals surface area contributed by atoms with Gasteiger partial charge in [-0.1, -0.05) is 54.6 Å². The third kappa shape index (κ3) is 4.90. The first-order valence-electron chi connectivity index (χ1n) is 10.1. The molecule has 0 aromatic heterocycles. The fraction of sp³-hybridized carbons (Fsp3) is 0.240. The zero-order chi connectivity index (χ0) is 20.1. The Morgan fingerprint density at radius 2 is 1.38 bits per heavy atom. The molecular weight excluding hydrogens is 363 g/mol. The van der Waals surface area contributed by atoms with Crippen LogP contribution >= 0.6 is 0 Å². The van der Waals surface area contributed by atoms with Gasteiger partial charge in [-0.25, -0.2) is 4.39 Å². The van der Waals surface area contributed by atoms with Crippen LogP contribution in [0.3, 0.4) is 0 Å². The van der Waals surface area contributed by atoms with E-state index in [9.17, 15) is 9.18 Å². The number of anilines is 1. The molecule has 3 aromatic rings. The van der Waals surface area contributed by atoms with E-state index in [0.29, 0.717) is 6.42 Å². The van der Waals surface area contributed by atoms with Crippen LogP contribution in [0.15, 0.2) is 78.9 Å². The molecular formula is C25H25FN2O. The Labute approximate surface area is 171 Å². The first kappa shape index (κ1) is 19.3. The summed E-state index contributed by atoms with van der Waals surface area (Å²) in [5.41, 5.74) is 4.11. The Morgan fingerprint density at radius 3 is 2.03 bits per heavy atom. The lowest BCUT2D eigenvalue weighted by Crippen LogP contribution is -2.46. The summed E-state index contributed by atoms with van der Waals surface area (Å²) in [5, 5.41) is 0. The molecule has 1 heterocycles. The maximum Gasteiger partial charge on any atom is 0.164 e. The first-order valence-corrected chi connectivity index (χ1v) is 10.1. The van der Waals surface area contributed by atoms with Crippen molar-refractivity contribution in [2.45, 2.75) is 6.42 Å². The van der Waals surface area contributed by atoms with Crippen molar-refractivity contribution in [3.8, 4) is 11.1 Å². The van der Waals surface area contributed by atoms with Crippen LogP contribution in [0.1, 0.15) is 16.8 Å². The summed E-state index contributed by atoms with van der Waals surface area (Å²) in [4.78, 5) is 17.2. The molecule has 0 spiro atoms. The van der Waals surface area contributed by atoms with Gasteiger partial charge in [0, 0.05) is 50.4 Å². The second-order valence-corrected chi connectivity index (χ2v) is 7.42. The van der Waals surface area contributed by atoms with Crippen LogP contribution in [0.4, 0.5) is 10.1 Å². The lowest BCUT2D eigenvalue weighted by molar-refractivity contribution is 0.0962. The highest BCUT2D eigenvalue weighted by molar-refractivity contribution is 5.96. The average molecular weight is 388 g/mol. The molecule has 1 fully saturated rings. The number of carbonyl (C=O) groups is 1. The van der Waals surface area contributed by atoms with Gasteiger partial charge in [0.2, 0.25) is 0 Å². The summed E-state index contributed by atoms with van der Waals surface area (Å²) in [6, 6.07) is 24.7. The molecule has 148 valence electrons. The van der Waals surface area contributed by atoms with Crippen molar-refractivity contribution in [2.24, 2.45) is 0 Å². The summed E-state index contributed by atoms with van der Waals surface area (Å²) in [7, 11) is 0. The van der Waals surface area contributed by atoms with Crippen LogP contribution in [0, 0.1) is 5.82 Å². The second-order valence-electron chi connectivity index (χ2n) is 7.42. The van der Waals surface area contributed by atoms with Crippen molar-refractivity contribution >= 4 is 11.5 Å². The Balaban J connectivity index is 1.26.